The summed E-state index contributed by atoms with van der Waals surface area (Å²) in [6, 6.07) is 14.4. The first-order chi connectivity index (χ1) is 13.7. The third kappa shape index (κ3) is 4.28. The fourth-order valence-electron chi connectivity index (χ4n) is 3.21. The molecule has 0 aliphatic carbocycles. The van der Waals surface area contributed by atoms with Crippen LogP contribution in [0.3, 0.4) is 0 Å². The van der Waals surface area contributed by atoms with Crippen molar-refractivity contribution in [2.75, 3.05) is 31.1 Å². The molecule has 4 rings (SSSR count). The Kier molecular flexibility index (Phi) is 5.48. The van der Waals surface area contributed by atoms with Crippen LogP contribution in [0, 0.1) is 5.82 Å². The highest BCUT2D eigenvalue weighted by Gasteiger charge is 2.19. The van der Waals surface area contributed by atoms with Crippen LogP contribution in [-0.2, 0) is 4.79 Å². The van der Waals surface area contributed by atoms with Gasteiger partial charge < -0.3 is 9.80 Å². The number of carbonyl (C=O) groups is 1. The summed E-state index contributed by atoms with van der Waals surface area (Å²) < 4.78 is 13.1. The Balaban J connectivity index is 1.34. The monoisotopic (exact) mass is 393 g/mol. The minimum absolute atomic E-state index is 0.0334. The Morgan fingerprint density at radius 1 is 0.964 bits per heavy atom. The molecule has 1 aliphatic rings. The van der Waals surface area contributed by atoms with Gasteiger partial charge >= 0.3 is 0 Å². The summed E-state index contributed by atoms with van der Waals surface area (Å²) in [7, 11) is 0. The fourth-order valence-corrected chi connectivity index (χ4v) is 4.13. The number of carbonyl (C=O) groups excluding carboxylic acids is 1. The van der Waals surface area contributed by atoms with Gasteiger partial charge in [0.25, 0.3) is 0 Å². The van der Waals surface area contributed by atoms with Crippen molar-refractivity contribution in [2.45, 2.75) is 0 Å². The summed E-state index contributed by atoms with van der Waals surface area (Å²) in [6.45, 7) is 3.04. The van der Waals surface area contributed by atoms with Crippen molar-refractivity contribution >= 4 is 29.0 Å². The molecule has 2 aromatic heterocycles. The van der Waals surface area contributed by atoms with Crippen molar-refractivity contribution in [3.63, 3.8) is 0 Å². The number of pyridine rings is 1. The molecular formula is C22H20FN3OS. The van der Waals surface area contributed by atoms with E-state index in [1.54, 1.807) is 41.9 Å². The van der Waals surface area contributed by atoms with Crippen LogP contribution in [0.1, 0.15) is 4.88 Å². The normalized spacial score (nSPS) is 14.6. The van der Waals surface area contributed by atoms with Crippen molar-refractivity contribution in [3.8, 4) is 10.4 Å². The molecule has 1 saturated heterocycles. The predicted molar refractivity (Wildman–Crippen MR) is 112 cm³/mol. The molecule has 3 heterocycles. The molecule has 0 atom stereocenters. The smallest absolute Gasteiger partial charge is 0.246 e. The molecule has 3 aromatic rings. The van der Waals surface area contributed by atoms with Crippen LogP contribution in [0.25, 0.3) is 16.5 Å². The van der Waals surface area contributed by atoms with Crippen LogP contribution >= 0.6 is 11.3 Å². The number of benzene rings is 1. The highest BCUT2D eigenvalue weighted by atomic mass is 32.1. The molecular weight excluding hydrogens is 373 g/mol. The first kappa shape index (κ1) is 18.4. The van der Waals surface area contributed by atoms with Crippen LogP contribution in [0.5, 0.6) is 0 Å². The minimum atomic E-state index is -0.241. The maximum absolute atomic E-state index is 13.1. The molecule has 1 amide bonds. The number of rotatable bonds is 4. The van der Waals surface area contributed by atoms with Crippen molar-refractivity contribution in [3.05, 3.63) is 77.7 Å². The second kappa shape index (κ2) is 8.35. The molecule has 1 fully saturated rings. The Bertz CT molecular complexity index is 961. The zero-order chi connectivity index (χ0) is 19.3. The number of thiophene rings is 1. The van der Waals surface area contributed by atoms with E-state index in [0.29, 0.717) is 13.1 Å². The summed E-state index contributed by atoms with van der Waals surface area (Å²) in [5.74, 6) is -0.207. The average molecular weight is 393 g/mol. The van der Waals surface area contributed by atoms with Crippen molar-refractivity contribution < 1.29 is 9.18 Å². The number of hydrogen-bond donors (Lipinski definition) is 0. The number of halogens is 1. The standard InChI is InChI=1S/C22H20FN3OS/c23-18-3-1-17(2-4-18)21-7-5-20(28-21)6-8-22(27)26-15-13-25(14-16-26)19-9-11-24-12-10-19/h1-12H,13-16H2/b8-6+. The van der Waals surface area contributed by atoms with Crippen molar-refractivity contribution in [2.24, 2.45) is 0 Å². The molecule has 0 spiro atoms. The van der Waals surface area contributed by atoms with Gasteiger partial charge in [-0.25, -0.2) is 4.39 Å². The highest BCUT2D eigenvalue weighted by molar-refractivity contribution is 7.16. The van der Waals surface area contributed by atoms with E-state index in [0.717, 1.165) is 34.1 Å². The number of nitrogens with zero attached hydrogens (tertiary/aromatic N) is 3. The van der Waals surface area contributed by atoms with E-state index < -0.39 is 0 Å². The van der Waals surface area contributed by atoms with Gasteiger partial charge in [-0.05, 0) is 48.0 Å². The zero-order valence-corrected chi connectivity index (χ0v) is 16.1. The summed E-state index contributed by atoms with van der Waals surface area (Å²) in [5, 5.41) is 0. The first-order valence-corrected chi connectivity index (χ1v) is 9.98. The van der Waals surface area contributed by atoms with E-state index in [-0.39, 0.29) is 11.7 Å². The number of hydrogen-bond acceptors (Lipinski definition) is 4. The van der Waals surface area contributed by atoms with Crippen LogP contribution in [0.15, 0.2) is 67.0 Å². The van der Waals surface area contributed by atoms with Crippen LogP contribution in [0.2, 0.25) is 0 Å². The van der Waals surface area contributed by atoms with E-state index in [2.05, 4.69) is 9.88 Å². The van der Waals surface area contributed by atoms with Crippen molar-refractivity contribution in [1.82, 2.24) is 9.88 Å². The zero-order valence-electron chi connectivity index (χ0n) is 15.3. The van der Waals surface area contributed by atoms with Crippen LogP contribution in [-0.4, -0.2) is 42.0 Å². The lowest BCUT2D eigenvalue weighted by atomic mass is 10.2. The van der Waals surface area contributed by atoms with Gasteiger partial charge in [-0.3, -0.25) is 9.78 Å². The maximum Gasteiger partial charge on any atom is 0.246 e. The van der Waals surface area contributed by atoms with Gasteiger partial charge in [0.2, 0.25) is 5.91 Å². The highest BCUT2D eigenvalue weighted by Crippen LogP contribution is 2.29. The third-order valence-corrected chi connectivity index (χ3v) is 5.86. The fraction of sp³-hybridized carbons (Fsp3) is 0.182. The lowest BCUT2D eigenvalue weighted by Crippen LogP contribution is -2.48. The Labute approximate surface area is 167 Å². The summed E-state index contributed by atoms with van der Waals surface area (Å²) in [6.07, 6.45) is 7.07. The molecule has 1 aliphatic heterocycles. The van der Waals surface area contributed by atoms with E-state index in [1.807, 2.05) is 35.2 Å². The second-order valence-electron chi connectivity index (χ2n) is 6.56. The first-order valence-electron chi connectivity index (χ1n) is 9.17. The molecule has 0 radical (unpaired) electrons. The summed E-state index contributed by atoms with van der Waals surface area (Å²) >= 11 is 1.58. The van der Waals surface area contributed by atoms with Gasteiger partial charge in [-0.15, -0.1) is 11.3 Å². The van der Waals surface area contributed by atoms with E-state index in [4.69, 9.17) is 0 Å². The van der Waals surface area contributed by atoms with E-state index in [9.17, 15) is 9.18 Å². The predicted octanol–water partition coefficient (Wildman–Crippen LogP) is 4.31. The maximum atomic E-state index is 13.1. The van der Waals surface area contributed by atoms with Gasteiger partial charge in [-0.2, -0.15) is 0 Å². The summed E-state index contributed by atoms with van der Waals surface area (Å²) in [5.41, 5.74) is 2.12. The quantitative estimate of drug-likeness (QED) is 0.620. The topological polar surface area (TPSA) is 36.4 Å². The Morgan fingerprint density at radius 2 is 1.68 bits per heavy atom. The molecule has 6 heteroatoms. The van der Waals surface area contributed by atoms with Crippen LogP contribution in [0.4, 0.5) is 10.1 Å². The number of aromatic nitrogens is 1. The SMILES string of the molecule is O=C(/C=C/c1ccc(-c2ccc(F)cc2)s1)N1CCN(c2ccncc2)CC1. The molecule has 4 nitrogen and oxygen atoms in total. The lowest BCUT2D eigenvalue weighted by Gasteiger charge is -2.35. The Hall–Kier alpha value is -2.99. The molecule has 0 unspecified atom stereocenters. The largest absolute Gasteiger partial charge is 0.368 e. The number of piperazine rings is 1. The number of amides is 1. The van der Waals surface area contributed by atoms with Gasteiger partial charge in [0.15, 0.2) is 0 Å². The van der Waals surface area contributed by atoms with Gasteiger partial charge in [0, 0.05) is 60.1 Å². The Morgan fingerprint density at radius 3 is 2.39 bits per heavy atom. The molecule has 0 saturated carbocycles. The molecule has 142 valence electrons. The third-order valence-electron chi connectivity index (χ3n) is 4.76. The molecule has 28 heavy (non-hydrogen) atoms. The van der Waals surface area contributed by atoms with Gasteiger partial charge in [-0.1, -0.05) is 12.1 Å². The van der Waals surface area contributed by atoms with Crippen LogP contribution < -0.4 is 4.90 Å². The number of anilines is 1. The molecule has 1 aromatic carbocycles. The second-order valence-corrected chi connectivity index (χ2v) is 7.68. The van der Waals surface area contributed by atoms with E-state index >= 15 is 0 Å². The molecule has 0 bridgehead atoms. The van der Waals surface area contributed by atoms with E-state index in [1.165, 1.54) is 12.1 Å². The average Bonchev–Trinajstić information content (AvgIpc) is 3.22. The van der Waals surface area contributed by atoms with Crippen molar-refractivity contribution in [1.29, 1.82) is 0 Å². The minimum Gasteiger partial charge on any atom is -0.368 e. The lowest BCUT2D eigenvalue weighted by molar-refractivity contribution is -0.126. The summed E-state index contributed by atoms with van der Waals surface area (Å²) in [4.78, 5) is 22.7. The van der Waals surface area contributed by atoms with Gasteiger partial charge in [0.1, 0.15) is 5.82 Å². The van der Waals surface area contributed by atoms with Gasteiger partial charge in [0.05, 0.1) is 0 Å². The molecule has 0 N–H and O–H groups in total.